The number of carboxylic acids is 1. The Bertz CT molecular complexity index is 243. The highest BCUT2D eigenvalue weighted by Crippen LogP contribution is 2.20. The van der Waals surface area contributed by atoms with Crippen molar-refractivity contribution < 1.29 is 14.6 Å². The van der Waals surface area contributed by atoms with E-state index in [1.54, 1.807) is 0 Å². The molecule has 0 aliphatic carbocycles. The van der Waals surface area contributed by atoms with E-state index in [-0.39, 0.29) is 12.1 Å². The van der Waals surface area contributed by atoms with Gasteiger partial charge in [0.15, 0.2) is 0 Å². The lowest BCUT2D eigenvalue weighted by Gasteiger charge is -2.33. The van der Waals surface area contributed by atoms with Gasteiger partial charge in [-0.2, -0.15) is 0 Å². The molecule has 0 aromatic carbocycles. The van der Waals surface area contributed by atoms with Gasteiger partial charge in [-0.15, -0.1) is 0 Å². The number of rotatable bonds is 6. The molecule has 0 amide bonds. The molecule has 100 valence electrons. The number of nitrogens with one attached hydrogen (secondary N) is 1. The molecule has 4 nitrogen and oxygen atoms in total. The average Bonchev–Trinajstić information content (AvgIpc) is 2.28. The first-order valence-electron chi connectivity index (χ1n) is 6.65. The molecule has 4 heteroatoms. The molecule has 0 radical (unpaired) electrons. The van der Waals surface area contributed by atoms with E-state index in [9.17, 15) is 4.79 Å². The van der Waals surface area contributed by atoms with Gasteiger partial charge in [-0.1, -0.05) is 27.2 Å². The second-order valence-electron chi connectivity index (χ2n) is 5.22. The molecular formula is C13H25NO3. The molecule has 1 heterocycles. The molecule has 0 spiro atoms. The lowest BCUT2D eigenvalue weighted by atomic mass is 9.94. The Morgan fingerprint density at radius 3 is 2.76 bits per heavy atom. The molecule has 1 aliphatic rings. The molecule has 3 atom stereocenters. The van der Waals surface area contributed by atoms with E-state index in [0.29, 0.717) is 12.3 Å². The number of carbonyl (C=O) groups is 1. The smallest absolute Gasteiger partial charge is 0.320 e. The van der Waals surface area contributed by atoms with Crippen molar-refractivity contribution in [2.24, 2.45) is 5.92 Å². The van der Waals surface area contributed by atoms with Crippen molar-refractivity contribution in [3.05, 3.63) is 0 Å². The van der Waals surface area contributed by atoms with Crippen LogP contribution in [0.1, 0.15) is 46.5 Å². The summed E-state index contributed by atoms with van der Waals surface area (Å²) in [5.74, 6) is -0.242. The highest BCUT2D eigenvalue weighted by molar-refractivity contribution is 5.73. The topological polar surface area (TPSA) is 58.6 Å². The number of hydrogen-bond acceptors (Lipinski definition) is 3. The Hall–Kier alpha value is -0.610. The van der Waals surface area contributed by atoms with E-state index >= 15 is 0 Å². The SMILES string of the molecule is CCCC(NC1CCOC(C(C)C)C1)C(=O)O. The second-order valence-corrected chi connectivity index (χ2v) is 5.22. The monoisotopic (exact) mass is 243 g/mol. The Morgan fingerprint density at radius 1 is 1.53 bits per heavy atom. The van der Waals surface area contributed by atoms with Gasteiger partial charge in [-0.25, -0.2) is 0 Å². The Balaban J connectivity index is 2.46. The van der Waals surface area contributed by atoms with Gasteiger partial charge in [0, 0.05) is 12.6 Å². The summed E-state index contributed by atoms with van der Waals surface area (Å²) in [6.07, 6.45) is 3.68. The largest absolute Gasteiger partial charge is 0.480 e. The Labute approximate surface area is 104 Å². The second kappa shape index (κ2) is 6.97. The first-order chi connectivity index (χ1) is 8.04. The first kappa shape index (κ1) is 14.5. The maximum absolute atomic E-state index is 11.1. The molecule has 3 unspecified atom stereocenters. The third-order valence-corrected chi connectivity index (χ3v) is 3.37. The predicted molar refractivity (Wildman–Crippen MR) is 67.1 cm³/mol. The fraction of sp³-hybridized carbons (Fsp3) is 0.923. The molecular weight excluding hydrogens is 218 g/mol. The summed E-state index contributed by atoms with van der Waals surface area (Å²) in [6.45, 7) is 7.04. The van der Waals surface area contributed by atoms with Crippen LogP contribution in [0.4, 0.5) is 0 Å². The summed E-state index contributed by atoms with van der Waals surface area (Å²) < 4.78 is 5.68. The third kappa shape index (κ3) is 4.64. The number of carboxylic acid groups (broad SMARTS) is 1. The van der Waals surface area contributed by atoms with Crippen LogP contribution in [-0.4, -0.2) is 35.9 Å². The molecule has 0 saturated carbocycles. The summed E-state index contributed by atoms with van der Waals surface area (Å²) >= 11 is 0. The Morgan fingerprint density at radius 2 is 2.24 bits per heavy atom. The lowest BCUT2D eigenvalue weighted by Crippen LogP contribution is -2.48. The molecule has 0 aromatic rings. The minimum Gasteiger partial charge on any atom is -0.480 e. The zero-order valence-corrected chi connectivity index (χ0v) is 11.1. The van der Waals surface area contributed by atoms with Crippen molar-refractivity contribution in [3.8, 4) is 0 Å². The van der Waals surface area contributed by atoms with Gasteiger partial charge in [0.25, 0.3) is 0 Å². The van der Waals surface area contributed by atoms with E-state index < -0.39 is 12.0 Å². The summed E-state index contributed by atoms with van der Waals surface area (Å²) in [5, 5.41) is 12.4. The fourth-order valence-electron chi connectivity index (χ4n) is 2.30. The van der Waals surface area contributed by atoms with Gasteiger partial charge in [-0.3, -0.25) is 4.79 Å². The molecule has 2 N–H and O–H groups in total. The standard InChI is InChI=1S/C13H25NO3/c1-4-5-11(13(15)16)14-10-6-7-17-12(8-10)9(2)3/h9-12,14H,4-8H2,1-3H3,(H,15,16). The van der Waals surface area contributed by atoms with Crippen molar-refractivity contribution >= 4 is 5.97 Å². The first-order valence-corrected chi connectivity index (χ1v) is 6.65. The van der Waals surface area contributed by atoms with E-state index in [1.165, 1.54) is 0 Å². The van der Waals surface area contributed by atoms with Crippen molar-refractivity contribution in [3.63, 3.8) is 0 Å². The quantitative estimate of drug-likeness (QED) is 0.749. The number of hydrogen-bond donors (Lipinski definition) is 2. The van der Waals surface area contributed by atoms with E-state index in [0.717, 1.165) is 25.9 Å². The van der Waals surface area contributed by atoms with Crippen LogP contribution in [0.2, 0.25) is 0 Å². The molecule has 17 heavy (non-hydrogen) atoms. The predicted octanol–water partition coefficient (Wildman–Crippen LogP) is 2.03. The van der Waals surface area contributed by atoms with Gasteiger partial charge >= 0.3 is 5.97 Å². The summed E-state index contributed by atoms with van der Waals surface area (Å²) in [7, 11) is 0. The maximum Gasteiger partial charge on any atom is 0.320 e. The van der Waals surface area contributed by atoms with E-state index in [1.807, 2.05) is 6.92 Å². The minimum absolute atomic E-state index is 0.261. The zero-order valence-electron chi connectivity index (χ0n) is 11.1. The van der Waals surface area contributed by atoms with Crippen molar-refractivity contribution in [1.82, 2.24) is 5.32 Å². The van der Waals surface area contributed by atoms with Crippen LogP contribution in [0.3, 0.4) is 0 Å². The molecule has 0 bridgehead atoms. The third-order valence-electron chi connectivity index (χ3n) is 3.37. The fourth-order valence-corrected chi connectivity index (χ4v) is 2.30. The highest BCUT2D eigenvalue weighted by atomic mass is 16.5. The van der Waals surface area contributed by atoms with Crippen LogP contribution in [0, 0.1) is 5.92 Å². The molecule has 0 aromatic heterocycles. The highest BCUT2D eigenvalue weighted by Gasteiger charge is 2.28. The van der Waals surface area contributed by atoms with Gasteiger partial charge in [0.1, 0.15) is 6.04 Å². The van der Waals surface area contributed by atoms with Crippen molar-refractivity contribution in [2.45, 2.75) is 64.6 Å². The normalized spacial score (nSPS) is 27.1. The number of aliphatic carboxylic acids is 1. The van der Waals surface area contributed by atoms with Gasteiger partial charge in [-0.05, 0) is 25.2 Å². The van der Waals surface area contributed by atoms with Crippen LogP contribution in [-0.2, 0) is 9.53 Å². The van der Waals surface area contributed by atoms with E-state index in [2.05, 4.69) is 19.2 Å². The van der Waals surface area contributed by atoms with Crippen LogP contribution >= 0.6 is 0 Å². The van der Waals surface area contributed by atoms with Gasteiger partial charge in [0.05, 0.1) is 6.10 Å². The molecule has 1 rings (SSSR count). The lowest BCUT2D eigenvalue weighted by molar-refractivity contribution is -0.140. The van der Waals surface area contributed by atoms with Crippen LogP contribution in [0.25, 0.3) is 0 Å². The van der Waals surface area contributed by atoms with E-state index in [4.69, 9.17) is 9.84 Å². The molecule has 1 fully saturated rings. The van der Waals surface area contributed by atoms with Crippen molar-refractivity contribution in [1.29, 1.82) is 0 Å². The van der Waals surface area contributed by atoms with Gasteiger partial charge < -0.3 is 15.2 Å². The summed E-state index contributed by atoms with van der Waals surface area (Å²) in [6, 6.07) is -0.125. The van der Waals surface area contributed by atoms with Crippen LogP contribution in [0.15, 0.2) is 0 Å². The summed E-state index contributed by atoms with van der Waals surface area (Å²) in [5.41, 5.74) is 0. The minimum atomic E-state index is -0.737. The Kier molecular flexibility index (Phi) is 5.92. The zero-order chi connectivity index (χ0) is 12.8. The van der Waals surface area contributed by atoms with Gasteiger partial charge in [0.2, 0.25) is 0 Å². The van der Waals surface area contributed by atoms with Crippen LogP contribution in [0.5, 0.6) is 0 Å². The number of ether oxygens (including phenoxy) is 1. The van der Waals surface area contributed by atoms with Crippen LogP contribution < -0.4 is 5.32 Å². The van der Waals surface area contributed by atoms with Crippen molar-refractivity contribution in [2.75, 3.05) is 6.61 Å². The average molecular weight is 243 g/mol. The summed E-state index contributed by atoms with van der Waals surface area (Å²) in [4.78, 5) is 11.1. The molecule has 1 saturated heterocycles. The molecule has 1 aliphatic heterocycles. The maximum atomic E-state index is 11.1.